The summed E-state index contributed by atoms with van der Waals surface area (Å²) in [5.41, 5.74) is 2.33. The first kappa shape index (κ1) is 23.6. The molecule has 0 radical (unpaired) electrons. The molecule has 2 unspecified atom stereocenters. The van der Waals surface area contributed by atoms with E-state index in [0.29, 0.717) is 28.1 Å². The number of aliphatic hydroxyl groups is 2. The number of anilines is 1. The zero-order chi connectivity index (χ0) is 24.8. The fraction of sp³-hybridized carbons (Fsp3) is 0.560. The summed E-state index contributed by atoms with van der Waals surface area (Å²) in [5.74, 6) is 1.00. The second-order valence-electron chi connectivity index (χ2n) is 10.1. The van der Waals surface area contributed by atoms with Crippen molar-refractivity contribution in [2.24, 2.45) is 5.92 Å². The Labute approximate surface area is 213 Å². The molecule has 3 aliphatic rings. The number of rotatable bonds is 9. The Balaban J connectivity index is 1.28. The van der Waals surface area contributed by atoms with Gasteiger partial charge in [-0.3, -0.25) is 4.79 Å². The maximum atomic E-state index is 12.7. The summed E-state index contributed by atoms with van der Waals surface area (Å²) in [5, 5.41) is 37.3. The monoisotopic (exact) mass is 509 g/mol. The molecular formula is C25H31N7O3S. The Morgan fingerprint density at radius 2 is 1.94 bits per heavy atom. The number of hydrogen-bond donors (Lipinski definition) is 4. The highest BCUT2D eigenvalue weighted by Crippen LogP contribution is 2.44. The van der Waals surface area contributed by atoms with Crippen LogP contribution in [0.2, 0.25) is 0 Å². The van der Waals surface area contributed by atoms with E-state index in [-0.39, 0.29) is 24.4 Å². The summed E-state index contributed by atoms with van der Waals surface area (Å²) in [6.07, 6.45) is 1.87. The third kappa shape index (κ3) is 4.55. The molecule has 0 aliphatic heterocycles. The highest BCUT2D eigenvalue weighted by Gasteiger charge is 2.48. The van der Waals surface area contributed by atoms with Crippen LogP contribution in [0.3, 0.4) is 0 Å². The molecule has 2 heterocycles. The molecule has 1 amide bonds. The second kappa shape index (κ2) is 9.60. The molecule has 10 nitrogen and oxygen atoms in total. The molecule has 3 aromatic rings. The van der Waals surface area contributed by atoms with Gasteiger partial charge in [-0.2, -0.15) is 0 Å². The van der Waals surface area contributed by atoms with E-state index in [1.54, 1.807) is 16.4 Å². The summed E-state index contributed by atoms with van der Waals surface area (Å²) in [7, 11) is 0. The molecular weight excluding hydrogens is 478 g/mol. The highest BCUT2D eigenvalue weighted by atomic mass is 32.2. The topological polar surface area (TPSA) is 138 Å². The van der Waals surface area contributed by atoms with Gasteiger partial charge in [0, 0.05) is 23.8 Å². The van der Waals surface area contributed by atoms with Crippen molar-refractivity contribution >= 4 is 34.7 Å². The fourth-order valence-corrected chi connectivity index (χ4v) is 5.73. The van der Waals surface area contributed by atoms with E-state index in [4.69, 9.17) is 9.97 Å². The first-order valence-corrected chi connectivity index (χ1v) is 13.8. The summed E-state index contributed by atoms with van der Waals surface area (Å²) < 4.78 is 1.57. The molecule has 3 fully saturated rings. The molecule has 190 valence electrons. The number of carbonyl (C=O) groups excluding carboxylic acids is 1. The number of benzene rings is 1. The zero-order valence-electron chi connectivity index (χ0n) is 20.1. The summed E-state index contributed by atoms with van der Waals surface area (Å²) in [6, 6.07) is 10.2. The number of amides is 1. The summed E-state index contributed by atoms with van der Waals surface area (Å²) in [4.78, 5) is 22.1. The molecule has 6 rings (SSSR count). The Morgan fingerprint density at radius 3 is 2.69 bits per heavy atom. The molecule has 1 aromatic carbocycles. The van der Waals surface area contributed by atoms with Gasteiger partial charge in [-0.15, -0.1) is 5.10 Å². The lowest BCUT2D eigenvalue weighted by atomic mass is 10.0. The Bertz CT molecular complexity index is 1250. The van der Waals surface area contributed by atoms with Crippen LogP contribution in [0, 0.1) is 5.92 Å². The molecule has 3 aliphatic carbocycles. The molecule has 36 heavy (non-hydrogen) atoms. The Kier molecular flexibility index (Phi) is 6.30. The lowest BCUT2D eigenvalue weighted by molar-refractivity contribution is -0.129. The van der Waals surface area contributed by atoms with Gasteiger partial charge in [0.15, 0.2) is 22.1 Å². The highest BCUT2D eigenvalue weighted by molar-refractivity contribution is 7.99. The van der Waals surface area contributed by atoms with Gasteiger partial charge in [0.1, 0.15) is 6.10 Å². The SMILES string of the molecule is CCCSc1nc(NC2CC2c2ccccc2)c2nnn([C@H]3C[C@@H](C(=O)NC4CC4)[C@H](O)[C@@H]3O)c2n1. The third-order valence-electron chi connectivity index (χ3n) is 7.31. The number of carbonyl (C=O) groups is 1. The number of thioether (sulfide) groups is 1. The minimum absolute atomic E-state index is 0.190. The number of nitrogens with one attached hydrogen (secondary N) is 2. The normalized spacial score (nSPS) is 29.4. The number of aromatic nitrogens is 5. The van der Waals surface area contributed by atoms with Crippen molar-refractivity contribution in [3.05, 3.63) is 35.9 Å². The summed E-state index contributed by atoms with van der Waals surface area (Å²) >= 11 is 1.56. The van der Waals surface area contributed by atoms with Gasteiger partial charge in [-0.1, -0.05) is 54.2 Å². The largest absolute Gasteiger partial charge is 0.390 e. The molecule has 11 heteroatoms. The number of aliphatic hydroxyl groups excluding tert-OH is 2. The van der Waals surface area contributed by atoms with Crippen LogP contribution in [0.1, 0.15) is 56.6 Å². The first-order chi connectivity index (χ1) is 17.5. The maximum Gasteiger partial charge on any atom is 0.226 e. The maximum absolute atomic E-state index is 12.7. The first-order valence-electron chi connectivity index (χ1n) is 12.8. The van der Waals surface area contributed by atoms with Crippen LogP contribution in [-0.4, -0.2) is 71.1 Å². The predicted octanol–water partition coefficient (Wildman–Crippen LogP) is 2.25. The van der Waals surface area contributed by atoms with Gasteiger partial charge in [-0.05, 0) is 37.7 Å². The van der Waals surface area contributed by atoms with Gasteiger partial charge < -0.3 is 20.8 Å². The van der Waals surface area contributed by atoms with Crippen molar-refractivity contribution in [2.75, 3.05) is 11.1 Å². The van der Waals surface area contributed by atoms with Crippen molar-refractivity contribution in [2.45, 2.75) is 80.4 Å². The molecule has 6 atom stereocenters. The van der Waals surface area contributed by atoms with Gasteiger partial charge in [0.05, 0.1) is 18.1 Å². The minimum atomic E-state index is -1.17. The van der Waals surface area contributed by atoms with Crippen LogP contribution in [0.4, 0.5) is 5.82 Å². The quantitative estimate of drug-likeness (QED) is 0.253. The average Bonchev–Trinajstić information content (AvgIpc) is 3.79. The van der Waals surface area contributed by atoms with Gasteiger partial charge >= 0.3 is 0 Å². The molecule has 0 spiro atoms. The lowest BCUT2D eigenvalue weighted by Crippen LogP contribution is -2.39. The predicted molar refractivity (Wildman–Crippen MR) is 136 cm³/mol. The van der Waals surface area contributed by atoms with Crippen molar-refractivity contribution in [3.8, 4) is 0 Å². The van der Waals surface area contributed by atoms with Crippen LogP contribution in [-0.2, 0) is 4.79 Å². The van der Waals surface area contributed by atoms with E-state index in [9.17, 15) is 15.0 Å². The number of hydrogen-bond acceptors (Lipinski definition) is 9. The number of fused-ring (bicyclic) bond motifs is 1. The Morgan fingerprint density at radius 1 is 1.14 bits per heavy atom. The van der Waals surface area contributed by atoms with E-state index in [1.807, 2.05) is 6.07 Å². The number of nitrogens with zero attached hydrogens (tertiary/aromatic N) is 5. The second-order valence-corrected chi connectivity index (χ2v) is 11.1. The van der Waals surface area contributed by atoms with E-state index in [1.165, 1.54) is 5.56 Å². The smallest absolute Gasteiger partial charge is 0.226 e. The van der Waals surface area contributed by atoms with E-state index in [2.05, 4.69) is 52.1 Å². The van der Waals surface area contributed by atoms with Gasteiger partial charge in [0.2, 0.25) is 5.91 Å². The van der Waals surface area contributed by atoms with Crippen molar-refractivity contribution in [1.82, 2.24) is 30.3 Å². The van der Waals surface area contributed by atoms with Crippen LogP contribution in [0.15, 0.2) is 35.5 Å². The van der Waals surface area contributed by atoms with Crippen LogP contribution in [0.5, 0.6) is 0 Å². The van der Waals surface area contributed by atoms with Crippen molar-refractivity contribution < 1.29 is 15.0 Å². The van der Waals surface area contributed by atoms with Crippen molar-refractivity contribution in [1.29, 1.82) is 0 Å². The van der Waals surface area contributed by atoms with E-state index >= 15 is 0 Å². The molecule has 2 aromatic heterocycles. The standard InChI is InChI=1S/C25H31N7O3S/c1-2-10-36-25-28-22(27-17-11-15(17)13-6-4-3-5-7-13)19-23(29-25)32(31-30-19)18-12-16(20(33)21(18)34)24(35)26-14-8-9-14/h3-7,14-18,20-21,33-34H,2,8-12H2,1H3,(H,26,35)(H,27,28,29)/t15?,16-,17?,18+,20+,21-/m1/s1. The third-order valence-corrected chi connectivity index (χ3v) is 8.36. The molecule has 4 N–H and O–H groups in total. The fourth-order valence-electron chi connectivity index (χ4n) is 5.04. The van der Waals surface area contributed by atoms with Crippen molar-refractivity contribution in [3.63, 3.8) is 0 Å². The van der Waals surface area contributed by atoms with Crippen LogP contribution in [0.25, 0.3) is 11.2 Å². The van der Waals surface area contributed by atoms with Gasteiger partial charge in [-0.25, -0.2) is 14.6 Å². The Hall–Kier alpha value is -2.76. The molecule has 0 saturated heterocycles. The summed E-state index contributed by atoms with van der Waals surface area (Å²) in [6.45, 7) is 2.11. The lowest BCUT2D eigenvalue weighted by Gasteiger charge is -2.17. The molecule has 0 bridgehead atoms. The molecule has 3 saturated carbocycles. The van der Waals surface area contributed by atoms with Crippen LogP contribution < -0.4 is 10.6 Å². The van der Waals surface area contributed by atoms with E-state index < -0.39 is 24.2 Å². The van der Waals surface area contributed by atoms with E-state index in [0.717, 1.165) is 31.4 Å². The average molecular weight is 510 g/mol. The minimum Gasteiger partial charge on any atom is -0.390 e. The van der Waals surface area contributed by atoms with Gasteiger partial charge in [0.25, 0.3) is 0 Å². The van der Waals surface area contributed by atoms with Crippen LogP contribution >= 0.6 is 11.8 Å². The zero-order valence-corrected chi connectivity index (χ0v) is 20.9.